The van der Waals surface area contributed by atoms with Crippen LogP contribution in [0, 0.1) is 16.5 Å². The fourth-order valence-electron chi connectivity index (χ4n) is 7.26. The lowest BCUT2D eigenvalue weighted by molar-refractivity contribution is -0.853. The molecule has 7 rings (SSSR count). The number of nitrogens with zero attached hydrogens (tertiary/aromatic N) is 4. The molecule has 9 nitrogen and oxygen atoms in total. The summed E-state index contributed by atoms with van der Waals surface area (Å²) < 4.78 is 7.64. The number of hydrogen-bond donors (Lipinski definition) is 2. The molecule has 1 saturated heterocycles. The van der Waals surface area contributed by atoms with Gasteiger partial charge in [-0.15, -0.1) is 5.10 Å². The molecule has 268 valence electrons. The first-order valence-electron chi connectivity index (χ1n) is 17.8. The number of halogens is 1. The minimum atomic E-state index is -0.955. The molecule has 2 heterocycles. The first-order valence-corrected chi connectivity index (χ1v) is 18.1. The predicted octanol–water partition coefficient (Wildman–Crippen LogP) is 8.18. The highest BCUT2D eigenvalue weighted by atomic mass is 35.5. The number of hydrogen-bond acceptors (Lipinski definition) is 6. The van der Waals surface area contributed by atoms with Gasteiger partial charge in [-0.1, -0.05) is 109 Å². The van der Waals surface area contributed by atoms with E-state index >= 15 is 0 Å². The molecular weight excluding hydrogens is 684 g/mol. The second-order valence-corrected chi connectivity index (χ2v) is 14.8. The Balaban J connectivity index is 1.42. The second-order valence-electron chi connectivity index (χ2n) is 14.4. The van der Waals surface area contributed by atoms with Crippen molar-refractivity contribution >= 4 is 34.4 Å². The number of amides is 1. The maximum Gasteiger partial charge on any atom is 0.410 e. The van der Waals surface area contributed by atoms with Crippen LogP contribution in [0.1, 0.15) is 55.9 Å². The first kappa shape index (κ1) is 35.7. The molecule has 0 radical (unpaired) electrons. The minimum Gasteiger partial charge on any atom is -0.608 e. The number of rotatable bonds is 8. The molecule has 5 aromatic carbocycles. The van der Waals surface area contributed by atoms with E-state index in [1.165, 1.54) is 0 Å². The van der Waals surface area contributed by atoms with Gasteiger partial charge in [0.1, 0.15) is 17.2 Å². The molecule has 0 aliphatic carbocycles. The van der Waals surface area contributed by atoms with Crippen molar-refractivity contribution < 1.29 is 14.7 Å². The zero-order chi connectivity index (χ0) is 37.2. The Bertz CT molecular complexity index is 2170. The Kier molecular flexibility index (Phi) is 9.95. The van der Waals surface area contributed by atoms with Crippen molar-refractivity contribution in [2.45, 2.75) is 50.8 Å². The molecule has 1 amide bonds. The number of hydroxylamine groups is 1. The maximum atomic E-state index is 14.2. The molecule has 1 aromatic heterocycles. The normalized spacial score (nSPS) is 15.5. The van der Waals surface area contributed by atoms with E-state index in [0.29, 0.717) is 46.7 Å². The number of ether oxygens (including phenoxy) is 1. The summed E-state index contributed by atoms with van der Waals surface area (Å²) in [7, 11) is 0. The average Bonchev–Trinajstić information content (AvgIpc) is 3.53. The van der Waals surface area contributed by atoms with E-state index in [1.807, 2.05) is 98.2 Å². The van der Waals surface area contributed by atoms with Gasteiger partial charge < -0.3 is 14.8 Å². The van der Waals surface area contributed by atoms with Crippen LogP contribution in [0.25, 0.3) is 22.0 Å². The summed E-state index contributed by atoms with van der Waals surface area (Å²) in [4.78, 5) is 14.6. The van der Waals surface area contributed by atoms with Gasteiger partial charge in [-0.25, -0.2) is 14.9 Å². The van der Waals surface area contributed by atoms with Gasteiger partial charge >= 0.3 is 6.09 Å². The fraction of sp³-hybridized carbons (Fsp3) is 0.233. The minimum absolute atomic E-state index is 0.232. The number of aromatic nitrogens is 2. The third kappa shape index (κ3) is 7.09. The van der Waals surface area contributed by atoms with E-state index in [4.69, 9.17) is 21.4 Å². The van der Waals surface area contributed by atoms with Crippen LogP contribution in [0.15, 0.2) is 127 Å². The molecule has 2 atom stereocenters. The Labute approximate surface area is 314 Å². The van der Waals surface area contributed by atoms with Crippen molar-refractivity contribution in [3.63, 3.8) is 0 Å². The number of piperidine rings is 1. The third-order valence-corrected chi connectivity index (χ3v) is 9.99. The lowest BCUT2D eigenvalue weighted by Gasteiger charge is -2.38. The average molecular weight is 725 g/mol. The van der Waals surface area contributed by atoms with Crippen LogP contribution in [0.5, 0.6) is 0 Å². The SMILES string of the molecule is CC(C)(C)OC(=O)N1CCC[C@@H]([NH+]([O-])Nc2nn(C(c3ccccc3)(c3ccccc3)c3ccccc3)c3ccc(-c4cc(C#N)ccc4Cl)cc23)C1. The summed E-state index contributed by atoms with van der Waals surface area (Å²) >= 11 is 6.72. The zero-order valence-electron chi connectivity index (χ0n) is 29.9. The van der Waals surface area contributed by atoms with Crippen LogP contribution < -0.4 is 10.6 Å². The molecule has 1 aliphatic heterocycles. The zero-order valence-corrected chi connectivity index (χ0v) is 30.7. The van der Waals surface area contributed by atoms with Crippen LogP contribution >= 0.6 is 11.6 Å². The number of anilines is 1. The van der Waals surface area contributed by atoms with Crippen LogP contribution in [0.4, 0.5) is 10.6 Å². The van der Waals surface area contributed by atoms with Gasteiger partial charge in [-0.05, 0) is 79.8 Å². The number of nitriles is 1. The molecule has 2 N–H and O–H groups in total. The molecule has 1 aliphatic rings. The van der Waals surface area contributed by atoms with Gasteiger partial charge in [0.25, 0.3) is 0 Å². The molecule has 1 unspecified atom stereocenters. The largest absolute Gasteiger partial charge is 0.608 e. The monoisotopic (exact) mass is 724 g/mol. The van der Waals surface area contributed by atoms with Crippen molar-refractivity contribution in [2.75, 3.05) is 18.5 Å². The van der Waals surface area contributed by atoms with E-state index in [1.54, 1.807) is 23.1 Å². The lowest BCUT2D eigenvalue weighted by Crippen LogP contribution is -3.15. The summed E-state index contributed by atoms with van der Waals surface area (Å²) in [5, 5.41) is 30.2. The molecule has 10 heteroatoms. The van der Waals surface area contributed by atoms with Crippen LogP contribution in [-0.4, -0.2) is 45.5 Å². The molecule has 0 saturated carbocycles. The summed E-state index contributed by atoms with van der Waals surface area (Å²) in [5.41, 5.74) is 7.25. The molecule has 6 aromatic rings. The number of benzene rings is 5. The quantitative estimate of drug-likeness (QED) is 0.121. The number of quaternary nitrogens is 1. The summed E-state index contributed by atoms with van der Waals surface area (Å²) in [6, 6.07) is 43.5. The molecule has 1 fully saturated rings. The van der Waals surface area contributed by atoms with Crippen LogP contribution in [0.2, 0.25) is 5.02 Å². The number of likely N-dealkylation sites (tertiary alicyclic amines) is 1. The number of nitrogens with one attached hydrogen (secondary N) is 2. The van der Waals surface area contributed by atoms with Crippen molar-refractivity contribution in [1.29, 1.82) is 5.26 Å². The van der Waals surface area contributed by atoms with Crippen LogP contribution in [0.3, 0.4) is 0 Å². The number of carbonyl (C=O) groups is 1. The number of carbonyl (C=O) groups excluding carboxylic acids is 1. The summed E-state index contributed by atoms with van der Waals surface area (Å²) in [6.07, 6.45) is 0.862. The Morgan fingerprint density at radius 3 is 2.08 bits per heavy atom. The van der Waals surface area contributed by atoms with Crippen LogP contribution in [-0.2, 0) is 10.3 Å². The highest BCUT2D eigenvalue weighted by Crippen LogP contribution is 2.44. The maximum absolute atomic E-state index is 14.2. The highest BCUT2D eigenvalue weighted by Gasteiger charge is 2.41. The van der Waals surface area contributed by atoms with Gasteiger partial charge in [0.2, 0.25) is 5.82 Å². The van der Waals surface area contributed by atoms with E-state index in [2.05, 4.69) is 47.9 Å². The van der Waals surface area contributed by atoms with E-state index in [-0.39, 0.29) is 11.7 Å². The van der Waals surface area contributed by atoms with Gasteiger partial charge in [-0.3, -0.25) is 5.17 Å². The molecule has 0 bridgehead atoms. The van der Waals surface area contributed by atoms with Crippen molar-refractivity contribution in [1.82, 2.24) is 14.7 Å². The van der Waals surface area contributed by atoms with Gasteiger partial charge in [0, 0.05) is 28.9 Å². The Morgan fingerprint density at radius 1 is 0.906 bits per heavy atom. The first-order chi connectivity index (χ1) is 25.6. The molecule has 0 spiro atoms. The Hall–Kier alpha value is -5.66. The van der Waals surface area contributed by atoms with E-state index in [9.17, 15) is 15.3 Å². The van der Waals surface area contributed by atoms with Gasteiger partial charge in [0.15, 0.2) is 0 Å². The third-order valence-electron chi connectivity index (χ3n) is 9.66. The fourth-order valence-corrected chi connectivity index (χ4v) is 7.48. The highest BCUT2D eigenvalue weighted by molar-refractivity contribution is 6.33. The van der Waals surface area contributed by atoms with Crippen molar-refractivity contribution in [3.05, 3.63) is 160 Å². The van der Waals surface area contributed by atoms with E-state index in [0.717, 1.165) is 27.8 Å². The number of fused-ring (bicyclic) bond motifs is 1. The van der Waals surface area contributed by atoms with Crippen molar-refractivity contribution in [3.8, 4) is 17.2 Å². The molecule has 53 heavy (non-hydrogen) atoms. The summed E-state index contributed by atoms with van der Waals surface area (Å²) in [6.45, 7) is 6.26. The van der Waals surface area contributed by atoms with Crippen molar-refractivity contribution in [2.24, 2.45) is 0 Å². The summed E-state index contributed by atoms with van der Waals surface area (Å²) in [5.74, 6) is 0.376. The van der Waals surface area contributed by atoms with E-state index < -0.39 is 23.3 Å². The topological polar surface area (TPSA) is 111 Å². The molecular formula is C43H41ClN6O3. The Morgan fingerprint density at radius 2 is 1.51 bits per heavy atom. The predicted molar refractivity (Wildman–Crippen MR) is 208 cm³/mol. The second kappa shape index (κ2) is 14.8. The van der Waals surface area contributed by atoms with Gasteiger partial charge in [0.05, 0.1) is 23.7 Å². The van der Waals surface area contributed by atoms with Gasteiger partial charge in [-0.2, -0.15) is 5.26 Å². The smallest absolute Gasteiger partial charge is 0.410 e. The standard InChI is InChI=1S/C43H41ClN6O3/c1-42(2,3)53-41(51)48-25-13-20-35(29-48)50(52)47-40-37-27-31(36-26-30(28-45)21-23-38(36)44)22-24-39(37)49(46-40)43(32-14-7-4-8-15-32,33-16-9-5-10-17-33)34-18-11-6-12-19-34/h4-12,14-19,21-24,26-27,35,50H,13,20,25,29H2,1-3H3,(H,46,47)/t35-/m1/s1. The lowest BCUT2D eigenvalue weighted by atomic mass is 9.77.